The highest BCUT2D eigenvalue weighted by molar-refractivity contribution is 7.09. The second kappa shape index (κ2) is 6.81. The normalized spacial score (nSPS) is 18.4. The Bertz CT molecular complexity index is 690. The topological polar surface area (TPSA) is 32.3 Å². The van der Waals surface area contributed by atoms with E-state index >= 15 is 0 Å². The van der Waals surface area contributed by atoms with Crippen molar-refractivity contribution in [3.63, 3.8) is 0 Å². The molecule has 1 fully saturated rings. The van der Waals surface area contributed by atoms with Crippen LogP contribution in [0.15, 0.2) is 17.5 Å². The van der Waals surface area contributed by atoms with Crippen LogP contribution >= 0.6 is 11.3 Å². The zero-order valence-corrected chi connectivity index (χ0v) is 15.5. The van der Waals surface area contributed by atoms with Crippen LogP contribution in [0.5, 0.6) is 0 Å². The standard InChI is InChI=1S/C19H26N4S/c1-14(2)18-20-17-13-22(12-15-6-5-11-24-15)10-7-16(17)19(21-18)23-8-3-4-9-23/h5-6,11,14H,3-4,7-10,12-13H2,1-2H3. The van der Waals surface area contributed by atoms with E-state index in [0.717, 1.165) is 45.0 Å². The smallest absolute Gasteiger partial charge is 0.135 e. The number of hydrogen-bond acceptors (Lipinski definition) is 5. The van der Waals surface area contributed by atoms with Gasteiger partial charge in [-0.2, -0.15) is 0 Å². The molecular weight excluding hydrogens is 316 g/mol. The summed E-state index contributed by atoms with van der Waals surface area (Å²) in [7, 11) is 0. The first-order chi connectivity index (χ1) is 11.7. The maximum absolute atomic E-state index is 4.97. The van der Waals surface area contributed by atoms with Crippen molar-refractivity contribution in [1.29, 1.82) is 0 Å². The summed E-state index contributed by atoms with van der Waals surface area (Å²) < 4.78 is 0. The van der Waals surface area contributed by atoms with Gasteiger partial charge in [-0.1, -0.05) is 19.9 Å². The number of hydrogen-bond donors (Lipinski definition) is 0. The summed E-state index contributed by atoms with van der Waals surface area (Å²) in [6.45, 7) is 9.80. The van der Waals surface area contributed by atoms with Gasteiger partial charge in [-0.15, -0.1) is 11.3 Å². The molecule has 24 heavy (non-hydrogen) atoms. The molecule has 1 saturated heterocycles. The summed E-state index contributed by atoms with van der Waals surface area (Å²) in [4.78, 5) is 16.4. The van der Waals surface area contributed by atoms with Crippen molar-refractivity contribution >= 4 is 17.2 Å². The molecule has 4 heterocycles. The number of thiophene rings is 1. The minimum absolute atomic E-state index is 0.379. The molecule has 2 aliphatic rings. The van der Waals surface area contributed by atoms with Gasteiger partial charge in [0, 0.05) is 49.1 Å². The van der Waals surface area contributed by atoms with Crippen molar-refractivity contribution in [2.24, 2.45) is 0 Å². The summed E-state index contributed by atoms with van der Waals surface area (Å²) in [5, 5.41) is 2.16. The molecular formula is C19H26N4S. The first-order valence-corrected chi connectivity index (χ1v) is 9.98. The van der Waals surface area contributed by atoms with Gasteiger partial charge in [0.05, 0.1) is 5.69 Å². The Kier molecular flexibility index (Phi) is 4.55. The molecule has 2 aromatic heterocycles. The van der Waals surface area contributed by atoms with Crippen LogP contribution in [0.1, 0.15) is 54.6 Å². The summed E-state index contributed by atoms with van der Waals surface area (Å²) >= 11 is 1.85. The van der Waals surface area contributed by atoms with Crippen molar-refractivity contribution in [1.82, 2.24) is 14.9 Å². The van der Waals surface area contributed by atoms with Crippen LogP contribution in [0.4, 0.5) is 5.82 Å². The molecule has 0 aliphatic carbocycles. The summed E-state index contributed by atoms with van der Waals surface area (Å²) in [6.07, 6.45) is 3.66. The molecule has 0 N–H and O–H groups in total. The molecule has 0 amide bonds. The van der Waals surface area contributed by atoms with Crippen molar-refractivity contribution in [3.05, 3.63) is 39.5 Å². The second-order valence-corrected chi connectivity index (χ2v) is 8.25. The average molecular weight is 343 g/mol. The molecule has 4 rings (SSSR count). The summed E-state index contributed by atoms with van der Waals surface area (Å²) in [5.74, 6) is 2.62. The quantitative estimate of drug-likeness (QED) is 0.845. The lowest BCUT2D eigenvalue weighted by atomic mass is 10.0. The van der Waals surface area contributed by atoms with Crippen molar-refractivity contribution in [2.75, 3.05) is 24.5 Å². The number of anilines is 1. The summed E-state index contributed by atoms with van der Waals surface area (Å²) in [5.41, 5.74) is 2.67. The predicted molar refractivity (Wildman–Crippen MR) is 99.7 cm³/mol. The first kappa shape index (κ1) is 16.0. The van der Waals surface area contributed by atoms with E-state index in [0.29, 0.717) is 5.92 Å². The van der Waals surface area contributed by atoms with Crippen molar-refractivity contribution in [3.8, 4) is 0 Å². The lowest BCUT2D eigenvalue weighted by Gasteiger charge is -2.31. The van der Waals surface area contributed by atoms with Crippen LogP contribution in [0.3, 0.4) is 0 Å². The van der Waals surface area contributed by atoms with Crippen LogP contribution < -0.4 is 4.90 Å². The van der Waals surface area contributed by atoms with E-state index in [2.05, 4.69) is 41.2 Å². The molecule has 128 valence electrons. The SMILES string of the molecule is CC(C)c1nc2c(c(N3CCCC3)n1)CCN(Cc1cccs1)C2. The van der Waals surface area contributed by atoms with Crippen LogP contribution in [-0.2, 0) is 19.5 Å². The third kappa shape index (κ3) is 3.20. The van der Waals surface area contributed by atoms with Crippen LogP contribution in [0.25, 0.3) is 0 Å². The Balaban J connectivity index is 1.63. The maximum Gasteiger partial charge on any atom is 0.135 e. The fraction of sp³-hybridized carbons (Fsp3) is 0.579. The van der Waals surface area contributed by atoms with E-state index in [1.165, 1.54) is 34.8 Å². The van der Waals surface area contributed by atoms with Gasteiger partial charge < -0.3 is 4.90 Å². The Morgan fingerprint density at radius 1 is 1.17 bits per heavy atom. The van der Waals surface area contributed by atoms with Gasteiger partial charge in [-0.25, -0.2) is 9.97 Å². The highest BCUT2D eigenvalue weighted by Gasteiger charge is 2.26. The molecule has 2 aromatic rings. The van der Waals surface area contributed by atoms with E-state index in [4.69, 9.17) is 9.97 Å². The fourth-order valence-electron chi connectivity index (χ4n) is 3.69. The molecule has 0 unspecified atom stereocenters. The van der Waals surface area contributed by atoms with E-state index in [9.17, 15) is 0 Å². The Morgan fingerprint density at radius 2 is 2.00 bits per heavy atom. The molecule has 5 heteroatoms. The zero-order chi connectivity index (χ0) is 16.5. The van der Waals surface area contributed by atoms with Gasteiger partial charge in [0.15, 0.2) is 0 Å². The van der Waals surface area contributed by atoms with Gasteiger partial charge in [0.1, 0.15) is 11.6 Å². The second-order valence-electron chi connectivity index (χ2n) is 7.22. The Hall–Kier alpha value is -1.46. The Labute approximate surface area is 148 Å². The van der Waals surface area contributed by atoms with Crippen LogP contribution in [-0.4, -0.2) is 34.5 Å². The molecule has 4 nitrogen and oxygen atoms in total. The van der Waals surface area contributed by atoms with E-state index < -0.39 is 0 Å². The highest BCUT2D eigenvalue weighted by atomic mass is 32.1. The molecule has 0 radical (unpaired) electrons. The van der Waals surface area contributed by atoms with Crippen LogP contribution in [0, 0.1) is 0 Å². The van der Waals surface area contributed by atoms with Gasteiger partial charge in [0.2, 0.25) is 0 Å². The molecule has 0 saturated carbocycles. The lowest BCUT2D eigenvalue weighted by molar-refractivity contribution is 0.243. The molecule has 0 aromatic carbocycles. The van der Waals surface area contributed by atoms with Crippen molar-refractivity contribution < 1.29 is 0 Å². The first-order valence-electron chi connectivity index (χ1n) is 9.10. The van der Waals surface area contributed by atoms with Gasteiger partial charge >= 0.3 is 0 Å². The van der Waals surface area contributed by atoms with Gasteiger partial charge in [-0.05, 0) is 30.7 Å². The zero-order valence-electron chi connectivity index (χ0n) is 14.7. The molecule has 2 aliphatic heterocycles. The Morgan fingerprint density at radius 3 is 2.71 bits per heavy atom. The van der Waals surface area contributed by atoms with E-state index in [1.54, 1.807) is 0 Å². The molecule has 0 atom stereocenters. The lowest BCUT2D eigenvalue weighted by Crippen LogP contribution is -2.33. The van der Waals surface area contributed by atoms with Crippen LogP contribution in [0.2, 0.25) is 0 Å². The maximum atomic E-state index is 4.97. The average Bonchev–Trinajstić information content (AvgIpc) is 3.27. The minimum Gasteiger partial charge on any atom is -0.356 e. The number of fused-ring (bicyclic) bond motifs is 1. The minimum atomic E-state index is 0.379. The predicted octanol–water partition coefficient (Wildman–Crippen LogP) is 3.82. The summed E-state index contributed by atoms with van der Waals surface area (Å²) in [6, 6.07) is 4.37. The van der Waals surface area contributed by atoms with Gasteiger partial charge in [0.25, 0.3) is 0 Å². The number of rotatable bonds is 4. The van der Waals surface area contributed by atoms with Gasteiger partial charge in [-0.3, -0.25) is 4.90 Å². The van der Waals surface area contributed by atoms with E-state index in [1.807, 2.05) is 11.3 Å². The third-order valence-corrected chi connectivity index (χ3v) is 5.88. The van der Waals surface area contributed by atoms with E-state index in [-0.39, 0.29) is 0 Å². The molecule has 0 spiro atoms. The molecule has 0 bridgehead atoms. The largest absolute Gasteiger partial charge is 0.356 e. The third-order valence-electron chi connectivity index (χ3n) is 5.02. The number of aromatic nitrogens is 2. The monoisotopic (exact) mass is 342 g/mol. The fourth-order valence-corrected chi connectivity index (χ4v) is 4.44. The number of nitrogens with zero attached hydrogens (tertiary/aromatic N) is 4. The van der Waals surface area contributed by atoms with Crippen molar-refractivity contribution in [2.45, 2.75) is 52.1 Å². The highest BCUT2D eigenvalue weighted by Crippen LogP contribution is 2.31.